The van der Waals surface area contributed by atoms with Crippen molar-refractivity contribution < 1.29 is 19.8 Å². The van der Waals surface area contributed by atoms with Crippen LogP contribution in [0.4, 0.5) is 0 Å². The van der Waals surface area contributed by atoms with E-state index in [0.29, 0.717) is 12.8 Å². The summed E-state index contributed by atoms with van der Waals surface area (Å²) in [5.41, 5.74) is -0.300. The van der Waals surface area contributed by atoms with Crippen molar-refractivity contribution in [2.24, 2.45) is 39.4 Å². The zero-order valence-corrected chi connectivity index (χ0v) is 18.2. The van der Waals surface area contributed by atoms with Crippen LogP contribution < -0.4 is 0 Å². The largest absolute Gasteiger partial charge is 0.392 e. The van der Waals surface area contributed by atoms with Crippen LogP contribution in [-0.4, -0.2) is 34.0 Å². The summed E-state index contributed by atoms with van der Waals surface area (Å²) >= 11 is 0. The molecule has 4 aliphatic rings. The van der Waals surface area contributed by atoms with Gasteiger partial charge in [-0.25, -0.2) is 0 Å². The number of carbonyl (C=O) groups excluding carboxylic acids is 2. The van der Waals surface area contributed by atoms with E-state index >= 15 is 0 Å². The van der Waals surface area contributed by atoms with E-state index in [1.165, 1.54) is 5.57 Å². The first-order chi connectivity index (χ1) is 12.8. The summed E-state index contributed by atoms with van der Waals surface area (Å²) in [5.74, 6) is 0.0581. The fraction of sp³-hybridized carbons (Fsp3) is 0.833. The van der Waals surface area contributed by atoms with Gasteiger partial charge in [-0.1, -0.05) is 46.3 Å². The average Bonchev–Trinajstić information content (AvgIpc) is 2.77. The zero-order valence-electron chi connectivity index (χ0n) is 18.2. The predicted molar refractivity (Wildman–Crippen MR) is 107 cm³/mol. The van der Waals surface area contributed by atoms with E-state index in [2.05, 4.69) is 40.7 Å². The topological polar surface area (TPSA) is 74.6 Å². The Bertz CT molecular complexity index is 767. The van der Waals surface area contributed by atoms with E-state index in [4.69, 9.17) is 0 Å². The number of fused-ring (bicyclic) bond motifs is 5. The monoisotopic (exact) mass is 388 g/mol. The van der Waals surface area contributed by atoms with Gasteiger partial charge in [0.1, 0.15) is 11.6 Å². The van der Waals surface area contributed by atoms with Crippen molar-refractivity contribution in [1.29, 1.82) is 0 Å². The Labute approximate surface area is 168 Å². The molecule has 3 saturated carbocycles. The molecule has 4 heteroatoms. The molecule has 0 aromatic heterocycles. The van der Waals surface area contributed by atoms with Crippen molar-refractivity contribution in [3.05, 3.63) is 11.6 Å². The third kappa shape index (κ3) is 2.14. The minimum absolute atomic E-state index is 0.00379. The number of hydrogen-bond donors (Lipinski definition) is 2. The molecule has 28 heavy (non-hydrogen) atoms. The zero-order chi connectivity index (χ0) is 20.9. The van der Waals surface area contributed by atoms with Crippen molar-refractivity contribution in [3.63, 3.8) is 0 Å². The molecule has 2 N–H and O–H groups in total. The number of hydrogen-bond acceptors (Lipinski definition) is 4. The maximum absolute atomic E-state index is 13.8. The number of ketones is 2. The van der Waals surface area contributed by atoms with Crippen molar-refractivity contribution in [2.75, 3.05) is 0 Å². The van der Waals surface area contributed by atoms with Gasteiger partial charge in [-0.05, 0) is 55.3 Å². The molecule has 0 bridgehead atoms. The Morgan fingerprint density at radius 1 is 1.07 bits per heavy atom. The Hall–Kier alpha value is -1.00. The standard InChI is InChI=1S/C24H36O4/c1-13(25)20-16(26)11-22(4)17-9-7-14-15(8-10-18(27)21(14,2)3)24(17,6)19(28)12-23(20,22)5/h7,15-18,20,26-27H,8-12H2,1-6H3/t15-,16-,17+,18-,20+,22+,23-,24+/m1/s1. The number of carbonyl (C=O) groups is 2. The van der Waals surface area contributed by atoms with Gasteiger partial charge < -0.3 is 10.2 Å². The highest BCUT2D eigenvalue weighted by molar-refractivity contribution is 5.90. The molecule has 8 atom stereocenters. The van der Waals surface area contributed by atoms with Gasteiger partial charge in [0.15, 0.2) is 0 Å². The van der Waals surface area contributed by atoms with Crippen molar-refractivity contribution in [3.8, 4) is 0 Å². The van der Waals surface area contributed by atoms with Crippen LogP contribution in [0, 0.1) is 39.4 Å². The second-order valence-corrected chi connectivity index (χ2v) is 11.4. The van der Waals surface area contributed by atoms with Crippen LogP contribution in [0.5, 0.6) is 0 Å². The van der Waals surface area contributed by atoms with Gasteiger partial charge in [0.05, 0.1) is 12.2 Å². The minimum Gasteiger partial charge on any atom is -0.392 e. The lowest BCUT2D eigenvalue weighted by atomic mass is 9.39. The lowest BCUT2D eigenvalue weighted by molar-refractivity contribution is -0.171. The third-order valence-electron chi connectivity index (χ3n) is 10.0. The molecule has 0 aliphatic heterocycles. The fourth-order valence-corrected chi connectivity index (χ4v) is 8.21. The smallest absolute Gasteiger partial charge is 0.140 e. The summed E-state index contributed by atoms with van der Waals surface area (Å²) in [5, 5.41) is 21.4. The molecule has 0 unspecified atom stereocenters. The van der Waals surface area contributed by atoms with Crippen LogP contribution in [0.2, 0.25) is 0 Å². The summed E-state index contributed by atoms with van der Waals surface area (Å²) < 4.78 is 0. The van der Waals surface area contributed by atoms with Gasteiger partial charge in [-0.2, -0.15) is 0 Å². The molecule has 0 aromatic carbocycles. The number of aliphatic hydroxyl groups excluding tert-OH is 2. The summed E-state index contributed by atoms with van der Waals surface area (Å²) in [4.78, 5) is 26.2. The van der Waals surface area contributed by atoms with Crippen LogP contribution in [0.25, 0.3) is 0 Å². The number of Topliss-reactive ketones (excluding diaryl/α,β-unsaturated/α-hetero) is 2. The van der Waals surface area contributed by atoms with Gasteiger partial charge in [-0.3, -0.25) is 9.59 Å². The van der Waals surface area contributed by atoms with Crippen molar-refractivity contribution in [1.82, 2.24) is 0 Å². The minimum atomic E-state index is -0.669. The van der Waals surface area contributed by atoms with Gasteiger partial charge >= 0.3 is 0 Å². The SMILES string of the molecule is CC(=O)[C@H]1[C@H](O)C[C@@]2(C)[C@@H]3CC=C4[C@@H](CC[C@@H](O)C4(C)C)[C@]3(C)C(=O)C[C@]12C. The number of rotatable bonds is 1. The molecule has 0 saturated heterocycles. The van der Waals surface area contributed by atoms with E-state index in [1.807, 2.05) is 0 Å². The molecular formula is C24H36O4. The van der Waals surface area contributed by atoms with Crippen LogP contribution >= 0.6 is 0 Å². The lowest BCUT2D eigenvalue weighted by Crippen LogP contribution is -2.63. The normalized spacial score (nSPS) is 52.4. The molecule has 4 nitrogen and oxygen atoms in total. The highest BCUT2D eigenvalue weighted by atomic mass is 16.3. The van der Waals surface area contributed by atoms with Crippen LogP contribution in [-0.2, 0) is 9.59 Å². The third-order valence-corrected chi connectivity index (χ3v) is 10.0. The van der Waals surface area contributed by atoms with E-state index in [9.17, 15) is 19.8 Å². The maximum Gasteiger partial charge on any atom is 0.140 e. The number of allylic oxidation sites excluding steroid dienone is 1. The Kier molecular flexibility index (Phi) is 4.19. The van der Waals surface area contributed by atoms with Crippen LogP contribution in [0.3, 0.4) is 0 Å². The van der Waals surface area contributed by atoms with Crippen molar-refractivity contribution in [2.45, 2.75) is 85.9 Å². The highest BCUT2D eigenvalue weighted by Crippen LogP contribution is 2.73. The maximum atomic E-state index is 13.8. The summed E-state index contributed by atoms with van der Waals surface area (Å²) in [6.07, 6.45) is 4.54. The molecule has 0 aromatic rings. The summed E-state index contributed by atoms with van der Waals surface area (Å²) in [7, 11) is 0. The predicted octanol–water partition coefficient (Wildman–Crippen LogP) is 3.69. The van der Waals surface area contributed by atoms with Gasteiger partial charge in [-0.15, -0.1) is 0 Å². The first-order valence-corrected chi connectivity index (χ1v) is 10.9. The van der Waals surface area contributed by atoms with Gasteiger partial charge in [0.25, 0.3) is 0 Å². The highest BCUT2D eigenvalue weighted by Gasteiger charge is 2.72. The second-order valence-electron chi connectivity index (χ2n) is 11.4. The fourth-order valence-electron chi connectivity index (χ4n) is 8.21. The molecule has 0 heterocycles. The Balaban J connectivity index is 1.86. The average molecular weight is 389 g/mol. The Morgan fingerprint density at radius 2 is 1.71 bits per heavy atom. The quantitative estimate of drug-likeness (QED) is 0.672. The van der Waals surface area contributed by atoms with E-state index < -0.39 is 22.9 Å². The van der Waals surface area contributed by atoms with E-state index in [-0.39, 0.29) is 40.3 Å². The first kappa shape index (κ1) is 20.3. The van der Waals surface area contributed by atoms with Crippen LogP contribution in [0.15, 0.2) is 11.6 Å². The summed E-state index contributed by atoms with van der Waals surface area (Å²) in [6, 6.07) is 0. The first-order valence-electron chi connectivity index (χ1n) is 10.9. The van der Waals surface area contributed by atoms with Crippen molar-refractivity contribution >= 4 is 11.6 Å². The lowest BCUT2D eigenvalue weighted by Gasteiger charge is -2.64. The molecule has 0 spiro atoms. The van der Waals surface area contributed by atoms with E-state index in [0.717, 1.165) is 19.3 Å². The molecule has 0 radical (unpaired) electrons. The summed E-state index contributed by atoms with van der Waals surface area (Å²) in [6.45, 7) is 12.2. The van der Waals surface area contributed by atoms with Crippen LogP contribution in [0.1, 0.15) is 73.6 Å². The molecular weight excluding hydrogens is 352 g/mol. The second kappa shape index (κ2) is 5.78. The molecule has 3 fully saturated rings. The van der Waals surface area contributed by atoms with Gasteiger partial charge in [0, 0.05) is 23.2 Å². The molecule has 0 amide bonds. The van der Waals surface area contributed by atoms with E-state index in [1.54, 1.807) is 6.92 Å². The molecule has 4 aliphatic carbocycles. The molecule has 156 valence electrons. The Morgan fingerprint density at radius 3 is 2.32 bits per heavy atom. The van der Waals surface area contributed by atoms with Gasteiger partial charge in [0.2, 0.25) is 0 Å². The number of aliphatic hydroxyl groups is 2. The molecule has 4 rings (SSSR count).